The number of benzene rings is 1. The molecule has 1 aromatic carbocycles. The van der Waals surface area contributed by atoms with Crippen LogP contribution in [0.5, 0.6) is 11.5 Å². The van der Waals surface area contributed by atoms with Gasteiger partial charge in [0, 0.05) is 12.8 Å². The van der Waals surface area contributed by atoms with Gasteiger partial charge in [-0.2, -0.15) is 0 Å². The lowest BCUT2D eigenvalue weighted by molar-refractivity contribution is -0.148. The van der Waals surface area contributed by atoms with Gasteiger partial charge in [0.15, 0.2) is 11.5 Å². The molecule has 0 aliphatic heterocycles. The Hall–Kier alpha value is -3.14. The van der Waals surface area contributed by atoms with Crippen molar-refractivity contribution < 1.29 is 42.9 Å². The lowest BCUT2D eigenvalue weighted by Gasteiger charge is -2.29. The zero-order valence-corrected chi connectivity index (χ0v) is 24.5. The molecule has 0 saturated carbocycles. The van der Waals surface area contributed by atoms with Gasteiger partial charge in [0.1, 0.15) is 11.6 Å². The second-order valence-electron chi connectivity index (χ2n) is 10.3. The van der Waals surface area contributed by atoms with Crippen molar-refractivity contribution in [1.29, 1.82) is 0 Å². The number of rotatable bonds is 15. The zero-order valence-electron chi connectivity index (χ0n) is 24.5. The number of carbonyl (C=O) groups is 4. The highest BCUT2D eigenvalue weighted by Gasteiger charge is 2.38. The minimum atomic E-state index is -1.59. The molecule has 0 radical (unpaired) electrons. The third-order valence-corrected chi connectivity index (χ3v) is 6.70. The Kier molecular flexibility index (Phi) is 14.0. The van der Waals surface area contributed by atoms with Crippen molar-refractivity contribution in [3.05, 3.63) is 23.8 Å². The van der Waals surface area contributed by atoms with Crippen LogP contribution in [0.15, 0.2) is 18.2 Å². The van der Waals surface area contributed by atoms with E-state index in [4.69, 9.17) is 29.4 Å². The number of hydrogen-bond acceptors (Lipinski definition) is 10. The van der Waals surface area contributed by atoms with Crippen molar-refractivity contribution in [2.24, 2.45) is 23.5 Å². The lowest BCUT2D eigenvalue weighted by Crippen LogP contribution is -2.53. The van der Waals surface area contributed by atoms with E-state index >= 15 is 0 Å². The summed E-state index contributed by atoms with van der Waals surface area (Å²) < 4.78 is 26.5. The minimum absolute atomic E-state index is 0.0389. The molecule has 0 heterocycles. The summed E-state index contributed by atoms with van der Waals surface area (Å²) in [5.74, 6) is -2.07. The van der Waals surface area contributed by atoms with Crippen LogP contribution in [0.25, 0.3) is 0 Å². The van der Waals surface area contributed by atoms with Gasteiger partial charge >= 0.3 is 24.1 Å². The average molecular weight is 552 g/mol. The summed E-state index contributed by atoms with van der Waals surface area (Å²) in [5, 5.41) is 0. The molecule has 0 aliphatic rings. The maximum Gasteiger partial charge on any atom is 0.508 e. The first kappa shape index (κ1) is 33.9. The largest absolute Gasteiger partial charge is 0.508 e. The molecule has 1 rings (SSSR count). The van der Waals surface area contributed by atoms with Gasteiger partial charge < -0.3 is 29.4 Å². The van der Waals surface area contributed by atoms with Gasteiger partial charge in [-0.05, 0) is 43.4 Å². The number of hydrogen-bond donors (Lipinski definition) is 1. The van der Waals surface area contributed by atoms with Gasteiger partial charge in [0.2, 0.25) is 0 Å². The normalized spacial score (nSPS) is 15.6. The molecule has 2 N–H and O–H groups in total. The molecule has 5 atom stereocenters. The number of methoxy groups -OCH3 is 1. The van der Waals surface area contributed by atoms with Gasteiger partial charge in [-0.1, -0.05) is 54.0 Å². The van der Waals surface area contributed by atoms with Crippen LogP contribution in [0.1, 0.15) is 79.7 Å². The van der Waals surface area contributed by atoms with Gasteiger partial charge in [-0.3, -0.25) is 14.4 Å². The van der Waals surface area contributed by atoms with Gasteiger partial charge in [-0.25, -0.2) is 4.79 Å². The Morgan fingerprint density at radius 1 is 0.872 bits per heavy atom. The maximum absolute atomic E-state index is 12.8. The van der Waals surface area contributed by atoms with Gasteiger partial charge in [0.25, 0.3) is 0 Å². The van der Waals surface area contributed by atoms with E-state index < -0.39 is 35.7 Å². The highest BCUT2D eigenvalue weighted by molar-refractivity contribution is 5.81. The molecule has 10 heteroatoms. The molecule has 0 saturated heterocycles. The highest BCUT2D eigenvalue weighted by Crippen LogP contribution is 2.32. The number of carbonyl (C=O) groups excluding carboxylic acids is 4. The molecule has 0 amide bonds. The molecule has 39 heavy (non-hydrogen) atoms. The molecule has 1 aromatic rings. The van der Waals surface area contributed by atoms with Crippen molar-refractivity contribution in [1.82, 2.24) is 0 Å². The first-order chi connectivity index (χ1) is 18.3. The van der Waals surface area contributed by atoms with E-state index in [1.807, 2.05) is 27.7 Å². The van der Waals surface area contributed by atoms with E-state index in [0.717, 1.165) is 6.42 Å². The summed E-state index contributed by atoms with van der Waals surface area (Å²) in [5.41, 5.74) is 5.44. The monoisotopic (exact) mass is 551 g/mol. The van der Waals surface area contributed by atoms with Crippen LogP contribution in [0, 0.1) is 17.8 Å². The van der Waals surface area contributed by atoms with Crippen LogP contribution < -0.4 is 15.2 Å². The molecular weight excluding hydrogens is 506 g/mol. The highest BCUT2D eigenvalue weighted by atomic mass is 16.7. The molecule has 10 nitrogen and oxygen atoms in total. The van der Waals surface area contributed by atoms with E-state index in [0.29, 0.717) is 18.4 Å². The first-order valence-corrected chi connectivity index (χ1v) is 13.6. The molecule has 4 unspecified atom stereocenters. The predicted molar refractivity (Wildman–Crippen MR) is 145 cm³/mol. The molecule has 0 fully saturated rings. The van der Waals surface area contributed by atoms with E-state index in [9.17, 15) is 19.2 Å². The fourth-order valence-corrected chi connectivity index (χ4v) is 3.45. The molecule has 0 bridgehead atoms. The van der Waals surface area contributed by atoms with Crippen LogP contribution in [0.4, 0.5) is 4.79 Å². The van der Waals surface area contributed by atoms with Crippen LogP contribution in [0.3, 0.4) is 0 Å². The topological polar surface area (TPSA) is 140 Å². The molecule has 0 aromatic heterocycles. The Morgan fingerprint density at radius 3 is 1.95 bits per heavy atom. The third-order valence-electron chi connectivity index (χ3n) is 6.70. The van der Waals surface area contributed by atoms with E-state index in [-0.39, 0.29) is 48.7 Å². The van der Waals surface area contributed by atoms with Crippen LogP contribution >= 0.6 is 0 Å². The lowest BCUT2D eigenvalue weighted by atomic mass is 9.86. The third kappa shape index (κ3) is 10.9. The zero-order chi connectivity index (χ0) is 29.8. The van der Waals surface area contributed by atoms with Crippen LogP contribution in [0.2, 0.25) is 0 Å². The molecule has 0 aliphatic carbocycles. The predicted octanol–water partition coefficient (Wildman–Crippen LogP) is 4.98. The Bertz CT molecular complexity index is 980. The van der Waals surface area contributed by atoms with Crippen molar-refractivity contribution in [3.8, 4) is 11.5 Å². The number of esters is 3. The maximum atomic E-state index is 12.8. The fourth-order valence-electron chi connectivity index (χ4n) is 3.45. The van der Waals surface area contributed by atoms with Crippen LogP contribution in [-0.2, 0) is 35.0 Å². The Labute approximate surface area is 231 Å². The number of ether oxygens (including phenoxy) is 5. The quantitative estimate of drug-likeness (QED) is 0.234. The molecule has 0 spiro atoms. The summed E-state index contributed by atoms with van der Waals surface area (Å²) >= 11 is 0. The van der Waals surface area contributed by atoms with E-state index in [1.165, 1.54) is 19.2 Å². The van der Waals surface area contributed by atoms with Crippen molar-refractivity contribution in [3.63, 3.8) is 0 Å². The van der Waals surface area contributed by atoms with Crippen molar-refractivity contribution >= 4 is 24.1 Å². The fraction of sp³-hybridized carbons (Fsp3) is 0.655. The molecule has 220 valence electrons. The first-order valence-electron chi connectivity index (χ1n) is 13.6. The smallest absolute Gasteiger partial charge is 0.468 e. The van der Waals surface area contributed by atoms with E-state index in [1.54, 1.807) is 26.8 Å². The van der Waals surface area contributed by atoms with Crippen LogP contribution in [-0.4, -0.2) is 49.4 Å². The average Bonchev–Trinajstić information content (AvgIpc) is 2.90. The van der Waals surface area contributed by atoms with Crippen molar-refractivity contribution in [2.45, 2.75) is 92.2 Å². The number of nitrogens with two attached hydrogens (primary N) is 1. The Morgan fingerprint density at radius 2 is 1.44 bits per heavy atom. The summed E-state index contributed by atoms with van der Waals surface area (Å²) in [7, 11) is 1.21. The second-order valence-corrected chi connectivity index (χ2v) is 10.3. The summed E-state index contributed by atoms with van der Waals surface area (Å²) in [6, 6.07) is 4.63. The summed E-state index contributed by atoms with van der Waals surface area (Å²) in [6.45, 7) is 12.9. The Balaban J connectivity index is 3.21. The van der Waals surface area contributed by atoms with Gasteiger partial charge in [0.05, 0.1) is 25.6 Å². The SMILES string of the molecule is CCC(C)COC(=O)O[C@@H](C)CC(N)(Cc1ccc(OC(=O)C(C)CC)c(OC(=O)C(C)CC)c1)C(=O)OC. The van der Waals surface area contributed by atoms with E-state index in [2.05, 4.69) is 0 Å². The molecular formula is C29H45NO9. The summed E-state index contributed by atoms with van der Waals surface area (Å²) in [6.07, 6.45) is 0.277. The second kappa shape index (κ2) is 16.1. The van der Waals surface area contributed by atoms with Gasteiger partial charge in [-0.15, -0.1) is 0 Å². The minimum Gasteiger partial charge on any atom is -0.468 e. The summed E-state index contributed by atoms with van der Waals surface area (Å²) in [4.78, 5) is 49.8. The van der Waals surface area contributed by atoms with Crippen molar-refractivity contribution in [2.75, 3.05) is 13.7 Å². The standard InChI is InChI=1S/C29H45NO9/c1-9-18(4)17-36-28(34)37-21(7)15-29(30,27(33)35-8)16-22-12-13-23(38-25(31)19(5)10-2)24(14-22)39-26(32)20(6)11-3/h12-14,18-21H,9-11,15-17,30H2,1-8H3/t18?,19?,20?,21-,29?/m0/s1.